The van der Waals surface area contributed by atoms with Crippen molar-refractivity contribution in [2.24, 2.45) is 5.41 Å². The van der Waals surface area contributed by atoms with E-state index in [1.54, 1.807) is 0 Å². The lowest BCUT2D eigenvalue weighted by Gasteiger charge is -2.48. The van der Waals surface area contributed by atoms with Gasteiger partial charge in [-0.2, -0.15) is 10.5 Å². The van der Waals surface area contributed by atoms with Crippen LogP contribution in [0.25, 0.3) is 0 Å². The topological polar surface area (TPSA) is 114 Å². The third kappa shape index (κ3) is 2.76. The molecule has 1 aromatic rings. The fraction of sp³-hybridized carbons (Fsp3) is 0.708. The zero-order valence-electron chi connectivity index (χ0n) is 19.6. The molecule has 2 N–H and O–H groups in total. The molecule has 31 heavy (non-hydrogen) atoms. The summed E-state index contributed by atoms with van der Waals surface area (Å²) in [6.07, 6.45) is 3.14. The minimum absolute atomic E-state index is 0.00417. The number of nitrogens with one attached hydrogen (secondary N) is 2. The molecule has 0 aromatic carbocycles. The number of rotatable bonds is 2. The van der Waals surface area contributed by atoms with Crippen molar-refractivity contribution in [3.63, 3.8) is 0 Å². The molecule has 3 aliphatic rings. The van der Waals surface area contributed by atoms with Gasteiger partial charge in [-0.3, -0.25) is 4.79 Å². The molecule has 2 aliphatic carbocycles. The van der Waals surface area contributed by atoms with Crippen LogP contribution in [0, 0.1) is 28.1 Å². The predicted octanol–water partition coefficient (Wildman–Crippen LogP) is 2.97. The number of fused-ring (bicyclic) bond motifs is 5. The van der Waals surface area contributed by atoms with E-state index >= 15 is 0 Å². The number of piperidine rings is 1. The fourth-order valence-corrected chi connectivity index (χ4v) is 6.87. The van der Waals surface area contributed by atoms with Crippen LogP contribution in [0.2, 0.25) is 0 Å². The molecular weight excluding hydrogens is 388 g/mol. The van der Waals surface area contributed by atoms with Crippen LogP contribution in [0.3, 0.4) is 0 Å². The molecule has 1 aromatic heterocycles. The molecule has 1 aliphatic heterocycles. The maximum absolute atomic E-state index is 14.0. The highest BCUT2D eigenvalue weighted by molar-refractivity contribution is 5.92. The van der Waals surface area contributed by atoms with E-state index in [9.17, 15) is 15.3 Å². The first-order valence-electron chi connectivity index (χ1n) is 11.1. The lowest BCUT2D eigenvalue weighted by molar-refractivity contribution is -0.131. The van der Waals surface area contributed by atoms with Gasteiger partial charge in [0.15, 0.2) is 11.4 Å². The molecular formula is C24H32N6O. The maximum Gasteiger partial charge on any atom is 0.233 e. The number of amides is 1. The van der Waals surface area contributed by atoms with E-state index in [0.717, 1.165) is 19.3 Å². The van der Waals surface area contributed by atoms with Crippen LogP contribution >= 0.6 is 0 Å². The predicted molar refractivity (Wildman–Crippen MR) is 116 cm³/mol. The number of nitriles is 2. The summed E-state index contributed by atoms with van der Waals surface area (Å²) in [5.74, 6) is -0.0265. The maximum atomic E-state index is 14.0. The van der Waals surface area contributed by atoms with Crippen molar-refractivity contribution in [2.75, 3.05) is 0 Å². The molecule has 1 saturated carbocycles. The minimum atomic E-state index is -0.858. The van der Waals surface area contributed by atoms with Crippen LogP contribution in [0.4, 0.5) is 0 Å². The molecule has 2 atom stereocenters. The van der Waals surface area contributed by atoms with Crippen LogP contribution in [0.1, 0.15) is 96.9 Å². The first-order chi connectivity index (χ1) is 14.2. The Hall–Kier alpha value is -2.51. The number of aromatic nitrogens is 2. The van der Waals surface area contributed by atoms with Gasteiger partial charge in [0.1, 0.15) is 12.1 Å². The summed E-state index contributed by atoms with van der Waals surface area (Å²) in [7, 11) is 0. The summed E-state index contributed by atoms with van der Waals surface area (Å²) in [6.45, 7) is 15.0. The largest absolute Gasteiger partial charge is 0.352 e. The highest BCUT2D eigenvalue weighted by Crippen LogP contribution is 2.70. The highest BCUT2D eigenvalue weighted by Gasteiger charge is 2.73. The Morgan fingerprint density at radius 2 is 1.45 bits per heavy atom. The second-order valence-corrected chi connectivity index (χ2v) is 11.7. The van der Waals surface area contributed by atoms with Gasteiger partial charge in [-0.25, -0.2) is 9.97 Å². The molecule has 2 bridgehead atoms. The monoisotopic (exact) mass is 420 g/mol. The summed E-state index contributed by atoms with van der Waals surface area (Å²) < 4.78 is 0. The Bertz CT molecular complexity index is 1040. The SMILES string of the molecule is CC1(C)CC(NC(=O)C23CCC(C)(c4nc(C#N)c(C#N)nc42)C3(C)C)CC(C)(C)N1. The molecule has 164 valence electrons. The molecule has 4 rings (SSSR count). The Labute approximate surface area is 184 Å². The number of carbonyl (C=O) groups is 1. The van der Waals surface area contributed by atoms with E-state index in [4.69, 9.17) is 0 Å². The van der Waals surface area contributed by atoms with E-state index < -0.39 is 10.8 Å². The van der Waals surface area contributed by atoms with Gasteiger partial charge in [0.05, 0.1) is 16.8 Å². The lowest BCUT2D eigenvalue weighted by atomic mass is 9.63. The number of hydrogen-bond acceptors (Lipinski definition) is 6. The van der Waals surface area contributed by atoms with Crippen molar-refractivity contribution in [1.29, 1.82) is 10.5 Å². The fourth-order valence-electron chi connectivity index (χ4n) is 6.87. The smallest absolute Gasteiger partial charge is 0.233 e. The summed E-state index contributed by atoms with van der Waals surface area (Å²) in [5.41, 5.74) is -0.493. The number of carbonyl (C=O) groups excluding carboxylic acids is 1. The second-order valence-electron chi connectivity index (χ2n) is 11.7. The Balaban J connectivity index is 1.79. The lowest BCUT2D eigenvalue weighted by Crippen LogP contribution is -2.64. The molecule has 1 amide bonds. The van der Waals surface area contributed by atoms with Gasteiger partial charge in [0.25, 0.3) is 0 Å². The van der Waals surface area contributed by atoms with Crippen LogP contribution < -0.4 is 10.6 Å². The summed E-state index contributed by atoms with van der Waals surface area (Å²) in [4.78, 5) is 23.2. The molecule has 0 radical (unpaired) electrons. The standard InChI is InChI=1S/C24H32N6O/c1-20(2)10-14(11-21(3,4)30-20)27-19(31)24-9-8-23(7,22(24,5)6)17-18(24)29-16(13-26)15(12-25)28-17/h14,30H,8-11H2,1-7H3,(H,27,31). The van der Waals surface area contributed by atoms with E-state index in [0.29, 0.717) is 17.8 Å². The van der Waals surface area contributed by atoms with Crippen molar-refractivity contribution < 1.29 is 4.79 Å². The van der Waals surface area contributed by atoms with E-state index in [2.05, 4.69) is 69.1 Å². The molecule has 2 fully saturated rings. The van der Waals surface area contributed by atoms with Crippen molar-refractivity contribution in [1.82, 2.24) is 20.6 Å². The summed E-state index contributed by atoms with van der Waals surface area (Å²) >= 11 is 0. The normalized spacial score (nSPS) is 32.0. The van der Waals surface area contributed by atoms with Crippen LogP contribution in [-0.4, -0.2) is 33.0 Å². The van der Waals surface area contributed by atoms with Gasteiger partial charge in [0, 0.05) is 22.5 Å². The quantitative estimate of drug-likeness (QED) is 0.760. The molecule has 0 spiro atoms. The zero-order valence-corrected chi connectivity index (χ0v) is 19.6. The van der Waals surface area contributed by atoms with Crippen molar-refractivity contribution in [3.8, 4) is 12.1 Å². The van der Waals surface area contributed by atoms with Gasteiger partial charge in [-0.15, -0.1) is 0 Å². The third-order valence-electron chi connectivity index (χ3n) is 8.39. The average Bonchev–Trinajstić information content (AvgIpc) is 2.93. The van der Waals surface area contributed by atoms with Gasteiger partial charge >= 0.3 is 0 Å². The van der Waals surface area contributed by atoms with Crippen molar-refractivity contribution in [2.45, 2.75) is 102 Å². The van der Waals surface area contributed by atoms with Crippen LogP contribution in [0.15, 0.2) is 0 Å². The van der Waals surface area contributed by atoms with Gasteiger partial charge in [0.2, 0.25) is 5.91 Å². The van der Waals surface area contributed by atoms with Crippen LogP contribution in [0.5, 0.6) is 0 Å². The Kier molecular flexibility index (Phi) is 4.39. The van der Waals surface area contributed by atoms with Gasteiger partial charge in [-0.1, -0.05) is 20.8 Å². The molecule has 2 heterocycles. The first-order valence-corrected chi connectivity index (χ1v) is 11.1. The number of nitrogens with zero attached hydrogens (tertiary/aromatic N) is 4. The van der Waals surface area contributed by atoms with E-state index in [-0.39, 0.29) is 39.8 Å². The average molecular weight is 421 g/mol. The third-order valence-corrected chi connectivity index (χ3v) is 8.39. The first kappa shape index (κ1) is 21.7. The van der Waals surface area contributed by atoms with E-state index in [1.165, 1.54) is 0 Å². The summed E-state index contributed by atoms with van der Waals surface area (Å²) in [6, 6.07) is 4.04. The summed E-state index contributed by atoms with van der Waals surface area (Å²) in [5, 5.41) is 26.0. The van der Waals surface area contributed by atoms with Gasteiger partial charge < -0.3 is 10.6 Å². The zero-order chi connectivity index (χ0) is 23.0. The Morgan fingerprint density at radius 3 is 1.97 bits per heavy atom. The second kappa shape index (κ2) is 6.26. The molecule has 7 nitrogen and oxygen atoms in total. The minimum Gasteiger partial charge on any atom is -0.352 e. The Morgan fingerprint density at radius 1 is 0.935 bits per heavy atom. The number of hydrogen-bond donors (Lipinski definition) is 2. The molecule has 1 saturated heterocycles. The van der Waals surface area contributed by atoms with Crippen LogP contribution in [-0.2, 0) is 15.6 Å². The molecule has 2 unspecified atom stereocenters. The van der Waals surface area contributed by atoms with E-state index in [1.807, 2.05) is 12.1 Å². The highest BCUT2D eigenvalue weighted by atomic mass is 16.2. The molecule has 7 heteroatoms. The van der Waals surface area contributed by atoms with Gasteiger partial charge in [-0.05, 0) is 58.8 Å². The van der Waals surface area contributed by atoms with Crippen molar-refractivity contribution in [3.05, 3.63) is 22.8 Å². The van der Waals surface area contributed by atoms with Crippen molar-refractivity contribution >= 4 is 5.91 Å².